The normalized spacial score (nSPS) is 9.69. The first-order valence-corrected chi connectivity index (χ1v) is 21.3. The van der Waals surface area contributed by atoms with Gasteiger partial charge in [0.05, 0.1) is 6.11 Å². The average molecular weight is 535 g/mol. The van der Waals surface area contributed by atoms with Gasteiger partial charge in [0.1, 0.15) is 0 Å². The summed E-state index contributed by atoms with van der Waals surface area (Å²) in [5, 5.41) is 0. The summed E-state index contributed by atoms with van der Waals surface area (Å²) in [6.07, 6.45) is 13.0. The maximum atomic E-state index is 7.50. The zero-order valence-electron chi connectivity index (χ0n) is 19.0. The average Bonchev–Trinajstić information content (AvgIpc) is 2.45. The summed E-state index contributed by atoms with van der Waals surface area (Å²) >= 11 is 0. The predicted molar refractivity (Wildman–Crippen MR) is 132 cm³/mol. The number of hydrogen-bond acceptors (Lipinski definition) is 1. The summed E-state index contributed by atoms with van der Waals surface area (Å²) in [4.78, 5) is 0. The quantitative estimate of drug-likeness (QED) is 0.123. The van der Waals surface area contributed by atoms with Crippen molar-refractivity contribution in [1.82, 2.24) is 0 Å². The third-order valence-electron chi connectivity index (χ3n) is 2.35. The number of hydrogen-bond donors (Lipinski definition) is 0. The van der Waals surface area contributed by atoms with Crippen molar-refractivity contribution < 1.29 is 31.5 Å². The van der Waals surface area contributed by atoms with E-state index < -0.39 is 8.32 Å². The Kier molecular flexibility index (Phi) is 39.5. The minimum absolute atomic E-state index is 0. The summed E-state index contributed by atoms with van der Waals surface area (Å²) in [5.74, 6) is 0. The molecule has 8 heteroatoms. The van der Waals surface area contributed by atoms with Crippen LogP contribution in [-0.4, -0.2) is 86.3 Å². The molecule has 0 aromatic heterocycles. The largest absolute Gasteiger partial charge is 0 e. The molecule has 26 heavy (non-hydrogen) atoms. The molecule has 0 saturated carbocycles. The van der Waals surface area contributed by atoms with E-state index in [4.69, 9.17) is 15.5 Å². The Labute approximate surface area is 187 Å². The minimum atomic E-state index is -1.39. The first-order valence-electron chi connectivity index (χ1n) is 8.24. The number of terminal acetylenes is 1. The molecule has 0 rings (SSSR count). The van der Waals surface area contributed by atoms with E-state index in [2.05, 4.69) is 66.1 Å². The summed E-state index contributed by atoms with van der Waals surface area (Å²) in [5.41, 5.74) is 0. The van der Waals surface area contributed by atoms with Crippen LogP contribution in [0.3, 0.4) is 0 Å². The third-order valence-corrected chi connectivity index (χ3v) is 8.26. The molecule has 0 aliphatic carbocycles. The van der Waals surface area contributed by atoms with Gasteiger partial charge in [-0.05, 0) is 97.6 Å². The predicted octanol–water partition coefficient (Wildman–Crippen LogP) is 6.33. The Morgan fingerprint density at radius 3 is 0.962 bits per heavy atom. The monoisotopic (exact) mass is 535 g/mol. The third kappa shape index (κ3) is 63.6. The van der Waals surface area contributed by atoms with Gasteiger partial charge >= 0.3 is 11.3 Å². The van der Waals surface area contributed by atoms with Crippen molar-refractivity contribution in [3.8, 4) is 12.5 Å². The molecule has 0 aromatic rings. The van der Waals surface area contributed by atoms with Gasteiger partial charge in [-0.1, -0.05) is 6.42 Å². The minimum Gasteiger partial charge on any atom is 0 e. The van der Waals surface area contributed by atoms with E-state index in [9.17, 15) is 0 Å². The molecule has 0 atom stereocenters. The first-order chi connectivity index (χ1) is 11.3. The van der Waals surface area contributed by atoms with Gasteiger partial charge in [-0.2, -0.15) is 0 Å². The number of rotatable bonds is 7. The molecule has 155 valence electrons. The zero-order valence-corrected chi connectivity index (χ0v) is 25.7. The molecule has 0 aliphatic rings. The van der Waals surface area contributed by atoms with E-state index in [1.807, 2.05) is 19.6 Å². The van der Waals surface area contributed by atoms with Crippen LogP contribution < -0.4 is 0 Å². The second-order valence-corrected chi connectivity index (χ2v) is 22.4. The second kappa shape index (κ2) is 26.8. The van der Waals surface area contributed by atoms with Crippen LogP contribution in [0.1, 0.15) is 0 Å². The Morgan fingerprint density at radius 2 is 0.923 bits per heavy atom. The van der Waals surface area contributed by atoms with E-state index in [1.54, 1.807) is 0 Å². The van der Waals surface area contributed by atoms with Gasteiger partial charge < -0.3 is 4.43 Å². The van der Waals surface area contributed by atoms with Gasteiger partial charge in [-0.15, -0.1) is 31.7 Å². The van der Waals surface area contributed by atoms with Crippen molar-refractivity contribution in [3.63, 3.8) is 0 Å². The standard InChI is InChI=1S/2C6H16P2.C5H10OSi.CO.Nb/c2*1-7(2)5-6-8(3)4;1-5-6-7(2,3)4;1-2;/h2*5-6H2,1-4H3;1H,2-4H3;;. The SMILES string of the molecule is C#CO[Si](C)(C)C.CP(C)CCP(C)C.CP(C)CCP(C)C.[C-]#[O+].[Nb]. The van der Waals surface area contributed by atoms with Crippen LogP contribution in [0.25, 0.3) is 0 Å². The molecule has 0 amide bonds. The molecule has 1 radical (unpaired) electrons. The van der Waals surface area contributed by atoms with Gasteiger partial charge in [0.15, 0.2) is 0 Å². The van der Waals surface area contributed by atoms with Gasteiger partial charge in [0, 0.05) is 22.4 Å². The smallest absolute Gasteiger partial charge is 0 e. The molecular weight excluding hydrogens is 493 g/mol. The topological polar surface area (TPSA) is 29.1 Å². The van der Waals surface area contributed by atoms with E-state index >= 15 is 0 Å². The summed E-state index contributed by atoms with van der Waals surface area (Å²) in [6.45, 7) is 29.5. The van der Waals surface area contributed by atoms with E-state index in [0.29, 0.717) is 31.7 Å². The van der Waals surface area contributed by atoms with Crippen molar-refractivity contribution in [2.75, 3.05) is 78.0 Å². The van der Waals surface area contributed by atoms with Gasteiger partial charge in [-0.3, -0.25) is 0 Å². The zero-order chi connectivity index (χ0) is 21.1. The Hall–Kier alpha value is 1.78. The van der Waals surface area contributed by atoms with Crippen molar-refractivity contribution in [2.45, 2.75) is 19.6 Å². The fraction of sp³-hybridized carbons (Fsp3) is 0.833. The van der Waals surface area contributed by atoms with Crippen LogP contribution in [-0.2, 0) is 31.5 Å². The van der Waals surface area contributed by atoms with E-state index in [-0.39, 0.29) is 22.4 Å². The van der Waals surface area contributed by atoms with Crippen molar-refractivity contribution in [3.05, 3.63) is 6.65 Å². The van der Waals surface area contributed by atoms with Crippen LogP contribution in [0, 0.1) is 19.2 Å². The maximum Gasteiger partial charge on any atom is 0 e. The van der Waals surface area contributed by atoms with Crippen LogP contribution in [0.2, 0.25) is 19.6 Å². The Bertz CT molecular complexity index is 293. The fourth-order valence-electron chi connectivity index (χ4n) is 0.977. The molecule has 0 aromatic carbocycles. The van der Waals surface area contributed by atoms with E-state index in [0.717, 1.165) is 0 Å². The molecule has 0 aliphatic heterocycles. The molecule has 0 spiro atoms. The molecule has 0 heterocycles. The molecular formula is C18H42NbO2P4Si. The van der Waals surface area contributed by atoms with Gasteiger partial charge in [0.25, 0.3) is 8.32 Å². The van der Waals surface area contributed by atoms with Crippen LogP contribution in [0.15, 0.2) is 0 Å². The summed E-state index contributed by atoms with van der Waals surface area (Å²) < 4.78 is 12.4. The Morgan fingerprint density at radius 1 is 0.731 bits per heavy atom. The van der Waals surface area contributed by atoms with Crippen molar-refractivity contribution in [2.24, 2.45) is 0 Å². The molecule has 0 saturated heterocycles. The van der Waals surface area contributed by atoms with Crippen LogP contribution >= 0.6 is 31.7 Å². The van der Waals surface area contributed by atoms with Crippen LogP contribution in [0.5, 0.6) is 0 Å². The van der Waals surface area contributed by atoms with Crippen molar-refractivity contribution >= 4 is 40.0 Å². The van der Waals surface area contributed by atoms with E-state index in [1.165, 1.54) is 24.6 Å². The fourth-order valence-corrected chi connectivity index (χ4v) is 7.73. The molecule has 2 nitrogen and oxygen atoms in total. The van der Waals surface area contributed by atoms with Crippen molar-refractivity contribution in [1.29, 1.82) is 0 Å². The first kappa shape index (κ1) is 38.4. The summed E-state index contributed by atoms with van der Waals surface area (Å²) in [7, 11) is 0.140. The summed E-state index contributed by atoms with van der Waals surface area (Å²) in [6, 6.07) is 0. The molecule has 0 fully saturated rings. The van der Waals surface area contributed by atoms with Crippen LogP contribution in [0.4, 0.5) is 0 Å². The Balaban J connectivity index is -0.0000000795. The second-order valence-electron chi connectivity index (χ2n) is 7.55. The molecule has 0 bridgehead atoms. The van der Waals surface area contributed by atoms with Gasteiger partial charge in [0.2, 0.25) is 0 Å². The van der Waals surface area contributed by atoms with Gasteiger partial charge in [-0.25, -0.2) is 0 Å². The molecule has 0 N–H and O–H groups in total. The molecule has 0 unspecified atom stereocenters. The maximum absolute atomic E-state index is 7.50.